The van der Waals surface area contributed by atoms with Crippen molar-refractivity contribution in [3.05, 3.63) is 78.6 Å². The number of nitrogens with one attached hydrogen (secondary N) is 2. The second-order valence-electron chi connectivity index (χ2n) is 7.78. The Balaban J connectivity index is 1.49. The van der Waals surface area contributed by atoms with E-state index in [4.69, 9.17) is 9.97 Å². The van der Waals surface area contributed by atoms with Crippen LogP contribution in [-0.4, -0.2) is 35.1 Å². The fraction of sp³-hybridized carbons (Fsp3) is 0.0800. The van der Waals surface area contributed by atoms with Crippen molar-refractivity contribution in [2.45, 2.75) is 13.3 Å². The minimum Gasteiger partial charge on any atom is -0.335 e. The molecule has 0 spiro atoms. The summed E-state index contributed by atoms with van der Waals surface area (Å²) in [5, 5.41) is 7.50. The minimum atomic E-state index is -0.308. The van der Waals surface area contributed by atoms with E-state index >= 15 is 0 Å². The minimum absolute atomic E-state index is 0.308. The Morgan fingerprint density at radius 3 is 2.64 bits per heavy atom. The van der Waals surface area contributed by atoms with E-state index in [-0.39, 0.29) is 5.82 Å². The third kappa shape index (κ3) is 3.32. The Hall–Kier alpha value is -4.46. The SMILES string of the molecule is CCc1cncc(-c2ccc3[nH]nc(-c4nc5c(-c6cccc(F)c6)cncc5[nH]4)c3n2)c1. The van der Waals surface area contributed by atoms with E-state index in [1.165, 1.54) is 12.1 Å². The van der Waals surface area contributed by atoms with E-state index in [2.05, 4.69) is 38.1 Å². The number of pyridine rings is 3. The first-order valence-corrected chi connectivity index (χ1v) is 10.6. The molecule has 160 valence electrons. The van der Waals surface area contributed by atoms with Gasteiger partial charge in [0.25, 0.3) is 0 Å². The molecule has 6 rings (SSSR count). The van der Waals surface area contributed by atoms with E-state index in [0.717, 1.165) is 39.8 Å². The molecule has 0 unspecified atom stereocenters. The van der Waals surface area contributed by atoms with E-state index in [0.29, 0.717) is 28.1 Å². The van der Waals surface area contributed by atoms with Crippen molar-refractivity contribution in [3.8, 4) is 33.9 Å². The Bertz CT molecular complexity index is 1630. The van der Waals surface area contributed by atoms with Gasteiger partial charge in [-0.15, -0.1) is 0 Å². The van der Waals surface area contributed by atoms with E-state index in [1.807, 2.05) is 30.6 Å². The van der Waals surface area contributed by atoms with Gasteiger partial charge in [-0.1, -0.05) is 19.1 Å². The lowest BCUT2D eigenvalue weighted by molar-refractivity contribution is 0.628. The van der Waals surface area contributed by atoms with E-state index in [9.17, 15) is 4.39 Å². The molecule has 2 N–H and O–H groups in total. The van der Waals surface area contributed by atoms with Crippen molar-refractivity contribution in [1.29, 1.82) is 0 Å². The molecule has 0 radical (unpaired) electrons. The third-order valence-electron chi connectivity index (χ3n) is 5.66. The zero-order chi connectivity index (χ0) is 22.4. The van der Waals surface area contributed by atoms with Gasteiger partial charge in [0, 0.05) is 29.7 Å². The molecular formula is C25H18FN7. The van der Waals surface area contributed by atoms with Crippen molar-refractivity contribution >= 4 is 22.1 Å². The smallest absolute Gasteiger partial charge is 0.161 e. The van der Waals surface area contributed by atoms with Crippen molar-refractivity contribution in [2.75, 3.05) is 0 Å². The van der Waals surface area contributed by atoms with Crippen LogP contribution in [0.3, 0.4) is 0 Å². The summed E-state index contributed by atoms with van der Waals surface area (Å²) < 4.78 is 13.8. The average molecular weight is 435 g/mol. The Morgan fingerprint density at radius 2 is 1.76 bits per heavy atom. The van der Waals surface area contributed by atoms with Crippen LogP contribution >= 0.6 is 0 Å². The second kappa shape index (κ2) is 7.59. The van der Waals surface area contributed by atoms with Gasteiger partial charge in [0.2, 0.25) is 0 Å². The highest BCUT2D eigenvalue weighted by Gasteiger charge is 2.17. The molecule has 5 aromatic heterocycles. The number of aromatic amines is 2. The zero-order valence-corrected chi connectivity index (χ0v) is 17.7. The van der Waals surface area contributed by atoms with Crippen LogP contribution in [0.1, 0.15) is 12.5 Å². The molecule has 33 heavy (non-hydrogen) atoms. The first kappa shape index (κ1) is 19.2. The lowest BCUT2D eigenvalue weighted by Gasteiger charge is -2.03. The number of imidazole rings is 1. The number of H-pyrrole nitrogens is 2. The standard InChI is InChI=1S/C25H18FN7/c1-2-14-8-16(11-27-10-14)19-6-7-20-23(29-19)24(33-32-20)25-30-21-13-28-12-18(22(21)31-25)15-4-3-5-17(26)9-15/h3-13H,2H2,1H3,(H,30,31)(H,32,33). The van der Waals surface area contributed by atoms with Crippen LogP contribution in [0.15, 0.2) is 67.3 Å². The lowest BCUT2D eigenvalue weighted by atomic mass is 10.1. The van der Waals surface area contributed by atoms with Gasteiger partial charge < -0.3 is 4.98 Å². The van der Waals surface area contributed by atoms with Gasteiger partial charge in [-0.3, -0.25) is 15.1 Å². The van der Waals surface area contributed by atoms with Gasteiger partial charge in [-0.25, -0.2) is 14.4 Å². The molecule has 0 atom stereocenters. The number of aromatic nitrogens is 7. The monoisotopic (exact) mass is 435 g/mol. The number of benzene rings is 1. The normalized spacial score (nSPS) is 11.5. The zero-order valence-electron chi connectivity index (χ0n) is 17.7. The molecule has 0 bridgehead atoms. The first-order valence-electron chi connectivity index (χ1n) is 10.6. The fourth-order valence-electron chi connectivity index (χ4n) is 3.96. The molecule has 0 aliphatic rings. The molecule has 5 heterocycles. The van der Waals surface area contributed by atoms with Crippen molar-refractivity contribution in [2.24, 2.45) is 0 Å². The molecule has 0 saturated heterocycles. The Kier molecular flexibility index (Phi) is 4.43. The summed E-state index contributed by atoms with van der Waals surface area (Å²) in [6, 6.07) is 12.4. The number of rotatable bonds is 4. The summed E-state index contributed by atoms with van der Waals surface area (Å²) in [5.74, 6) is 0.254. The van der Waals surface area contributed by atoms with Crippen LogP contribution in [0.5, 0.6) is 0 Å². The van der Waals surface area contributed by atoms with Crippen LogP contribution < -0.4 is 0 Å². The highest BCUT2D eigenvalue weighted by atomic mass is 19.1. The van der Waals surface area contributed by atoms with Crippen LogP contribution in [0, 0.1) is 5.82 Å². The molecule has 6 aromatic rings. The molecule has 0 saturated carbocycles. The number of aryl methyl sites for hydroxylation is 1. The molecule has 1 aromatic carbocycles. The topological polar surface area (TPSA) is 96.0 Å². The summed E-state index contributed by atoms with van der Waals surface area (Å²) >= 11 is 0. The van der Waals surface area contributed by atoms with E-state index < -0.39 is 0 Å². The second-order valence-corrected chi connectivity index (χ2v) is 7.78. The maximum Gasteiger partial charge on any atom is 0.161 e. The maximum atomic E-state index is 13.8. The highest BCUT2D eigenvalue weighted by Crippen LogP contribution is 2.31. The Labute approximate surface area is 187 Å². The Morgan fingerprint density at radius 1 is 0.848 bits per heavy atom. The maximum absolute atomic E-state index is 13.8. The van der Waals surface area contributed by atoms with Gasteiger partial charge >= 0.3 is 0 Å². The first-order chi connectivity index (χ1) is 16.2. The highest BCUT2D eigenvalue weighted by molar-refractivity contribution is 5.95. The summed E-state index contributed by atoms with van der Waals surface area (Å²) in [6.45, 7) is 2.10. The molecule has 7 nitrogen and oxygen atoms in total. The van der Waals surface area contributed by atoms with Gasteiger partial charge in [0.05, 0.1) is 28.4 Å². The summed E-state index contributed by atoms with van der Waals surface area (Å²) in [5.41, 5.74) is 7.90. The molecular weight excluding hydrogens is 417 g/mol. The number of hydrogen-bond donors (Lipinski definition) is 2. The van der Waals surface area contributed by atoms with Crippen molar-refractivity contribution in [3.63, 3.8) is 0 Å². The molecule has 8 heteroatoms. The van der Waals surface area contributed by atoms with Crippen LogP contribution in [-0.2, 0) is 6.42 Å². The predicted molar refractivity (Wildman–Crippen MR) is 125 cm³/mol. The van der Waals surface area contributed by atoms with Gasteiger partial charge in [0.1, 0.15) is 11.3 Å². The molecule has 0 fully saturated rings. The lowest BCUT2D eigenvalue weighted by Crippen LogP contribution is -1.90. The largest absolute Gasteiger partial charge is 0.335 e. The van der Waals surface area contributed by atoms with Gasteiger partial charge in [-0.2, -0.15) is 5.10 Å². The van der Waals surface area contributed by atoms with Crippen LogP contribution in [0.25, 0.3) is 56.0 Å². The quantitative estimate of drug-likeness (QED) is 0.390. The van der Waals surface area contributed by atoms with E-state index in [1.54, 1.807) is 18.5 Å². The van der Waals surface area contributed by atoms with Crippen LogP contribution in [0.2, 0.25) is 0 Å². The number of halogens is 1. The van der Waals surface area contributed by atoms with Crippen LogP contribution in [0.4, 0.5) is 4.39 Å². The average Bonchev–Trinajstić information content (AvgIpc) is 3.47. The van der Waals surface area contributed by atoms with Crippen molar-refractivity contribution < 1.29 is 4.39 Å². The summed E-state index contributed by atoms with van der Waals surface area (Å²) in [4.78, 5) is 21.6. The summed E-state index contributed by atoms with van der Waals surface area (Å²) in [6.07, 6.45) is 7.97. The third-order valence-corrected chi connectivity index (χ3v) is 5.66. The molecule has 0 aliphatic carbocycles. The number of fused-ring (bicyclic) bond motifs is 2. The predicted octanol–water partition coefficient (Wildman–Crippen LogP) is 5.33. The number of hydrogen-bond acceptors (Lipinski definition) is 5. The van der Waals surface area contributed by atoms with Gasteiger partial charge in [0.15, 0.2) is 11.5 Å². The van der Waals surface area contributed by atoms with Gasteiger partial charge in [-0.05, 0) is 47.9 Å². The van der Waals surface area contributed by atoms with Crippen molar-refractivity contribution in [1.82, 2.24) is 35.1 Å². The molecule has 0 aliphatic heterocycles. The number of nitrogens with zero attached hydrogens (tertiary/aromatic N) is 5. The summed E-state index contributed by atoms with van der Waals surface area (Å²) in [7, 11) is 0. The molecule has 0 amide bonds. The fourth-order valence-corrected chi connectivity index (χ4v) is 3.96.